The summed E-state index contributed by atoms with van der Waals surface area (Å²) >= 11 is 11.7. The molecule has 22 heavy (non-hydrogen) atoms. The third kappa shape index (κ3) is 2.60. The Balaban J connectivity index is 2.17. The van der Waals surface area contributed by atoms with Gasteiger partial charge in [0.25, 0.3) is 0 Å². The summed E-state index contributed by atoms with van der Waals surface area (Å²) in [4.78, 5) is 8.36. The first kappa shape index (κ1) is 15.0. The maximum Gasteiger partial charge on any atom is 0.225 e. The summed E-state index contributed by atoms with van der Waals surface area (Å²) in [6.45, 7) is 4.42. The zero-order valence-electron chi connectivity index (χ0n) is 11.9. The molecule has 2 heterocycles. The van der Waals surface area contributed by atoms with Crippen molar-refractivity contribution in [2.24, 2.45) is 0 Å². The number of anilines is 2. The largest absolute Gasteiger partial charge is 0.336 e. The summed E-state index contributed by atoms with van der Waals surface area (Å²) in [5, 5.41) is 7.73. The Morgan fingerprint density at radius 1 is 1.27 bits per heavy atom. The highest BCUT2D eigenvalue weighted by molar-refractivity contribution is 6.30. The molecule has 0 unspecified atom stereocenters. The van der Waals surface area contributed by atoms with Crippen LogP contribution in [-0.2, 0) is 6.54 Å². The van der Waals surface area contributed by atoms with Gasteiger partial charge in [0.2, 0.25) is 5.28 Å². The van der Waals surface area contributed by atoms with E-state index in [4.69, 9.17) is 23.2 Å². The van der Waals surface area contributed by atoms with Gasteiger partial charge in [-0.05, 0) is 43.6 Å². The van der Waals surface area contributed by atoms with Crippen molar-refractivity contribution in [3.05, 3.63) is 40.0 Å². The van der Waals surface area contributed by atoms with Crippen molar-refractivity contribution in [2.45, 2.75) is 20.4 Å². The zero-order valence-corrected chi connectivity index (χ0v) is 13.4. The molecule has 0 aliphatic rings. The van der Waals surface area contributed by atoms with E-state index in [0.29, 0.717) is 28.4 Å². The van der Waals surface area contributed by atoms with Crippen LogP contribution in [0.2, 0.25) is 10.3 Å². The van der Waals surface area contributed by atoms with Gasteiger partial charge in [0.1, 0.15) is 16.9 Å². The zero-order chi connectivity index (χ0) is 15.9. The Hall–Kier alpha value is -1.92. The summed E-state index contributed by atoms with van der Waals surface area (Å²) in [5.74, 6) is -0.0756. The molecule has 0 aliphatic heterocycles. The van der Waals surface area contributed by atoms with Crippen LogP contribution in [0.1, 0.15) is 12.6 Å². The minimum absolute atomic E-state index is 0.0723. The van der Waals surface area contributed by atoms with Crippen molar-refractivity contribution >= 4 is 45.7 Å². The van der Waals surface area contributed by atoms with Gasteiger partial charge in [-0.25, -0.2) is 9.37 Å². The van der Waals surface area contributed by atoms with E-state index in [2.05, 4.69) is 20.4 Å². The van der Waals surface area contributed by atoms with E-state index in [1.165, 1.54) is 6.07 Å². The van der Waals surface area contributed by atoms with E-state index in [-0.39, 0.29) is 11.0 Å². The molecule has 0 atom stereocenters. The highest BCUT2D eigenvalue weighted by atomic mass is 35.5. The SMILES string of the molecule is CCn1nc(C)c2nc(Cl)nc(Nc3ccc(Cl)cc3F)c21. The van der Waals surface area contributed by atoms with Gasteiger partial charge < -0.3 is 5.32 Å². The lowest BCUT2D eigenvalue weighted by Gasteiger charge is -2.10. The number of hydrogen-bond donors (Lipinski definition) is 1. The molecule has 3 rings (SSSR count). The van der Waals surface area contributed by atoms with E-state index >= 15 is 0 Å². The van der Waals surface area contributed by atoms with Crippen LogP contribution in [0.15, 0.2) is 18.2 Å². The summed E-state index contributed by atoms with van der Waals surface area (Å²) in [6, 6.07) is 4.36. The van der Waals surface area contributed by atoms with Crippen molar-refractivity contribution in [2.75, 3.05) is 5.32 Å². The van der Waals surface area contributed by atoms with Gasteiger partial charge in [0, 0.05) is 11.6 Å². The van der Waals surface area contributed by atoms with E-state index in [0.717, 1.165) is 5.69 Å². The van der Waals surface area contributed by atoms with E-state index in [9.17, 15) is 4.39 Å². The first-order chi connectivity index (χ1) is 10.5. The van der Waals surface area contributed by atoms with E-state index < -0.39 is 5.82 Å². The summed E-state index contributed by atoms with van der Waals surface area (Å²) < 4.78 is 15.7. The molecular formula is C14H12Cl2FN5. The second kappa shape index (κ2) is 5.70. The normalized spacial score (nSPS) is 11.1. The number of nitrogens with one attached hydrogen (secondary N) is 1. The average molecular weight is 340 g/mol. The number of aromatic nitrogens is 4. The molecule has 0 fully saturated rings. The number of rotatable bonds is 3. The van der Waals surface area contributed by atoms with Crippen molar-refractivity contribution in [3.63, 3.8) is 0 Å². The summed E-state index contributed by atoms with van der Waals surface area (Å²) in [6.07, 6.45) is 0. The average Bonchev–Trinajstić information content (AvgIpc) is 2.78. The minimum Gasteiger partial charge on any atom is -0.336 e. The first-order valence-electron chi connectivity index (χ1n) is 6.62. The molecule has 5 nitrogen and oxygen atoms in total. The lowest BCUT2D eigenvalue weighted by Crippen LogP contribution is -2.03. The fourth-order valence-corrected chi connectivity index (χ4v) is 2.56. The Morgan fingerprint density at radius 2 is 2.05 bits per heavy atom. The molecule has 1 aromatic carbocycles. The molecule has 0 radical (unpaired) electrons. The van der Waals surface area contributed by atoms with Crippen LogP contribution in [0.25, 0.3) is 11.0 Å². The number of fused-ring (bicyclic) bond motifs is 1. The Labute approximate surface area is 136 Å². The van der Waals surface area contributed by atoms with Crippen LogP contribution >= 0.6 is 23.2 Å². The highest BCUT2D eigenvalue weighted by Gasteiger charge is 2.16. The Kier molecular flexibility index (Phi) is 3.88. The van der Waals surface area contributed by atoms with Crippen LogP contribution in [0.5, 0.6) is 0 Å². The molecule has 114 valence electrons. The lowest BCUT2D eigenvalue weighted by atomic mass is 10.3. The molecule has 0 amide bonds. The monoisotopic (exact) mass is 339 g/mol. The predicted molar refractivity (Wildman–Crippen MR) is 85.4 cm³/mol. The van der Waals surface area contributed by atoms with Crippen LogP contribution in [0, 0.1) is 12.7 Å². The smallest absolute Gasteiger partial charge is 0.225 e. The fraction of sp³-hybridized carbons (Fsp3) is 0.214. The molecule has 0 saturated carbocycles. The molecule has 0 bridgehead atoms. The summed E-state index contributed by atoms with van der Waals surface area (Å²) in [5.41, 5.74) is 2.31. The molecular weight excluding hydrogens is 328 g/mol. The highest BCUT2D eigenvalue weighted by Crippen LogP contribution is 2.29. The van der Waals surface area contributed by atoms with E-state index in [1.807, 2.05) is 13.8 Å². The van der Waals surface area contributed by atoms with Gasteiger partial charge in [-0.3, -0.25) is 4.68 Å². The standard InChI is InChI=1S/C14H12Cl2FN5/c1-3-22-12-11(7(2)21-22)19-14(16)20-13(12)18-10-5-4-8(15)6-9(10)17/h4-6H,3H2,1-2H3,(H,18,19,20). The predicted octanol–water partition coefficient (Wildman–Crippen LogP) is 4.34. The molecule has 3 aromatic rings. The van der Waals surface area contributed by atoms with Gasteiger partial charge in [0.05, 0.1) is 11.4 Å². The van der Waals surface area contributed by atoms with Crippen LogP contribution in [-0.4, -0.2) is 19.7 Å². The second-order valence-corrected chi connectivity index (χ2v) is 5.46. The third-order valence-electron chi connectivity index (χ3n) is 3.21. The van der Waals surface area contributed by atoms with Crippen molar-refractivity contribution in [1.29, 1.82) is 0 Å². The van der Waals surface area contributed by atoms with Crippen LogP contribution < -0.4 is 5.32 Å². The maximum absolute atomic E-state index is 14.0. The first-order valence-corrected chi connectivity index (χ1v) is 7.38. The lowest BCUT2D eigenvalue weighted by molar-refractivity contribution is 0.631. The van der Waals surface area contributed by atoms with Gasteiger partial charge in [-0.1, -0.05) is 11.6 Å². The second-order valence-electron chi connectivity index (χ2n) is 4.69. The number of benzene rings is 1. The van der Waals surface area contributed by atoms with Crippen LogP contribution in [0.4, 0.5) is 15.9 Å². The number of halogens is 3. The number of aryl methyl sites for hydroxylation is 2. The molecule has 0 saturated heterocycles. The van der Waals surface area contributed by atoms with Crippen molar-refractivity contribution in [3.8, 4) is 0 Å². The van der Waals surface area contributed by atoms with Gasteiger partial charge >= 0.3 is 0 Å². The third-order valence-corrected chi connectivity index (χ3v) is 3.62. The molecule has 1 N–H and O–H groups in total. The molecule has 8 heteroatoms. The fourth-order valence-electron chi connectivity index (χ4n) is 2.24. The van der Waals surface area contributed by atoms with Crippen LogP contribution in [0.3, 0.4) is 0 Å². The number of hydrogen-bond acceptors (Lipinski definition) is 4. The van der Waals surface area contributed by atoms with Gasteiger partial charge in [-0.15, -0.1) is 0 Å². The maximum atomic E-state index is 14.0. The molecule has 2 aromatic heterocycles. The molecule has 0 aliphatic carbocycles. The Bertz CT molecular complexity index is 862. The molecule has 0 spiro atoms. The quantitative estimate of drug-likeness (QED) is 0.721. The van der Waals surface area contributed by atoms with Gasteiger partial charge in [0.15, 0.2) is 5.82 Å². The van der Waals surface area contributed by atoms with Gasteiger partial charge in [-0.2, -0.15) is 10.1 Å². The van der Waals surface area contributed by atoms with Crippen molar-refractivity contribution in [1.82, 2.24) is 19.7 Å². The Morgan fingerprint density at radius 3 is 2.73 bits per heavy atom. The van der Waals surface area contributed by atoms with E-state index in [1.54, 1.807) is 16.8 Å². The minimum atomic E-state index is -0.477. The summed E-state index contributed by atoms with van der Waals surface area (Å²) in [7, 11) is 0. The van der Waals surface area contributed by atoms with Crippen molar-refractivity contribution < 1.29 is 4.39 Å². The topological polar surface area (TPSA) is 55.6 Å². The number of nitrogens with zero attached hydrogens (tertiary/aromatic N) is 4.